The van der Waals surface area contributed by atoms with Crippen molar-refractivity contribution in [1.29, 1.82) is 0 Å². The highest BCUT2D eigenvalue weighted by atomic mass is 15.5. The molecule has 1 aliphatic rings. The van der Waals surface area contributed by atoms with Crippen LogP contribution in [-0.2, 0) is 0 Å². The van der Waals surface area contributed by atoms with Gasteiger partial charge in [-0.25, -0.2) is 0 Å². The van der Waals surface area contributed by atoms with Crippen LogP contribution in [0.3, 0.4) is 0 Å². The van der Waals surface area contributed by atoms with Gasteiger partial charge in [0, 0.05) is 11.6 Å². The first kappa shape index (κ1) is 12.1. The highest BCUT2D eigenvalue weighted by Crippen LogP contribution is 2.34. The van der Waals surface area contributed by atoms with Gasteiger partial charge in [0.15, 0.2) is 5.82 Å². The van der Waals surface area contributed by atoms with Gasteiger partial charge < -0.3 is 5.73 Å². The van der Waals surface area contributed by atoms with Crippen molar-refractivity contribution in [3.05, 3.63) is 29.1 Å². The third kappa shape index (κ3) is 2.09. The Bertz CT molecular complexity index is 596. The Morgan fingerprint density at radius 2 is 1.89 bits per heavy atom. The monoisotopic (exact) mass is 257 g/mol. The van der Waals surface area contributed by atoms with E-state index in [1.807, 2.05) is 24.6 Å². The maximum atomic E-state index is 5.94. The van der Waals surface area contributed by atoms with E-state index in [-0.39, 0.29) is 0 Å². The van der Waals surface area contributed by atoms with Gasteiger partial charge in [0.1, 0.15) is 0 Å². The molecule has 1 aliphatic carbocycles. The van der Waals surface area contributed by atoms with E-state index in [0.717, 1.165) is 28.3 Å². The lowest BCUT2D eigenvalue weighted by Crippen LogP contribution is -2.09. The second-order valence-electron chi connectivity index (χ2n) is 5.43. The van der Waals surface area contributed by atoms with E-state index in [4.69, 9.17) is 5.73 Å². The van der Waals surface area contributed by atoms with Crippen molar-refractivity contribution in [2.45, 2.75) is 45.4 Å². The zero-order chi connectivity index (χ0) is 13.4. The van der Waals surface area contributed by atoms with Crippen molar-refractivity contribution < 1.29 is 0 Å². The van der Waals surface area contributed by atoms with Gasteiger partial charge in [-0.1, -0.05) is 12.8 Å². The molecule has 0 atom stereocenters. The fourth-order valence-electron chi connectivity index (χ4n) is 2.86. The number of hydrogen-bond donors (Lipinski definition) is 1. The molecule has 3 rings (SSSR count). The maximum Gasteiger partial charge on any atom is 0.159 e. The van der Waals surface area contributed by atoms with E-state index in [1.54, 1.807) is 0 Å². The second-order valence-corrected chi connectivity index (χ2v) is 5.43. The normalized spacial score (nSPS) is 16.1. The van der Waals surface area contributed by atoms with Crippen LogP contribution in [0.2, 0.25) is 0 Å². The van der Waals surface area contributed by atoms with E-state index in [9.17, 15) is 0 Å². The van der Waals surface area contributed by atoms with Gasteiger partial charge in [0.25, 0.3) is 0 Å². The summed E-state index contributed by atoms with van der Waals surface area (Å²) in [6.45, 7) is 4.06. The Morgan fingerprint density at radius 1 is 1.16 bits per heavy atom. The molecule has 0 unspecified atom stereocenters. The topological polar surface area (TPSA) is 69.6 Å². The number of benzene rings is 1. The molecule has 2 aromatic rings. The van der Waals surface area contributed by atoms with Crippen molar-refractivity contribution in [2.24, 2.45) is 0 Å². The molecule has 0 aliphatic heterocycles. The molecule has 1 aromatic carbocycles. The maximum absolute atomic E-state index is 5.94. The van der Waals surface area contributed by atoms with E-state index in [1.165, 1.54) is 25.7 Å². The van der Waals surface area contributed by atoms with E-state index in [2.05, 4.69) is 21.6 Å². The van der Waals surface area contributed by atoms with Crippen LogP contribution in [0.15, 0.2) is 12.1 Å². The van der Waals surface area contributed by atoms with Crippen LogP contribution < -0.4 is 5.73 Å². The molecule has 0 saturated heterocycles. The van der Waals surface area contributed by atoms with Crippen molar-refractivity contribution in [1.82, 2.24) is 20.2 Å². The van der Waals surface area contributed by atoms with Crippen LogP contribution in [0.1, 0.15) is 48.6 Å². The molecule has 0 bridgehead atoms. The first-order valence-corrected chi connectivity index (χ1v) is 6.82. The van der Waals surface area contributed by atoms with Crippen LogP contribution >= 0.6 is 0 Å². The summed E-state index contributed by atoms with van der Waals surface area (Å²) in [7, 11) is 0. The summed E-state index contributed by atoms with van der Waals surface area (Å²) < 4.78 is 1.89. The Kier molecular flexibility index (Phi) is 2.97. The van der Waals surface area contributed by atoms with Gasteiger partial charge in [-0.05, 0) is 60.4 Å². The fourth-order valence-corrected chi connectivity index (χ4v) is 2.86. The molecule has 1 saturated carbocycles. The molecule has 19 heavy (non-hydrogen) atoms. The summed E-state index contributed by atoms with van der Waals surface area (Å²) in [5.41, 5.74) is 9.97. The molecule has 100 valence electrons. The lowest BCUT2D eigenvalue weighted by atomic mass is 10.1. The van der Waals surface area contributed by atoms with Crippen molar-refractivity contribution in [3.63, 3.8) is 0 Å². The highest BCUT2D eigenvalue weighted by molar-refractivity contribution is 5.56. The summed E-state index contributed by atoms with van der Waals surface area (Å²) in [5, 5.41) is 12.3. The average molecular weight is 257 g/mol. The number of nitrogen functional groups attached to an aromatic ring is 1. The molecule has 1 aromatic heterocycles. The van der Waals surface area contributed by atoms with E-state index in [0.29, 0.717) is 5.92 Å². The van der Waals surface area contributed by atoms with Gasteiger partial charge >= 0.3 is 0 Å². The fraction of sp³-hybridized carbons (Fsp3) is 0.500. The number of anilines is 1. The molecule has 5 nitrogen and oxygen atoms in total. The minimum Gasteiger partial charge on any atom is -0.399 e. The Balaban J connectivity index is 2.07. The number of aromatic nitrogens is 4. The van der Waals surface area contributed by atoms with E-state index < -0.39 is 0 Å². The van der Waals surface area contributed by atoms with Crippen LogP contribution in [0, 0.1) is 13.8 Å². The number of tetrazole rings is 1. The van der Waals surface area contributed by atoms with Crippen LogP contribution in [0.4, 0.5) is 5.69 Å². The van der Waals surface area contributed by atoms with Gasteiger partial charge in [-0.3, -0.25) is 0 Å². The average Bonchev–Trinajstić information content (AvgIpc) is 3.03. The van der Waals surface area contributed by atoms with Gasteiger partial charge in [-0.2, -0.15) is 4.68 Å². The van der Waals surface area contributed by atoms with Crippen LogP contribution in [-0.4, -0.2) is 20.2 Å². The standard InChI is InChI=1S/C14H19N5/c1-9-8-13(10(2)7-12(9)15)19-14(16-17-18-19)11-5-3-4-6-11/h7-8,11H,3-6,15H2,1-2H3. The van der Waals surface area contributed by atoms with Crippen LogP contribution in [0.25, 0.3) is 5.69 Å². The highest BCUT2D eigenvalue weighted by Gasteiger charge is 2.24. The minimum atomic E-state index is 0.493. The van der Waals surface area contributed by atoms with E-state index >= 15 is 0 Å². The zero-order valence-corrected chi connectivity index (χ0v) is 11.4. The molecule has 1 fully saturated rings. The van der Waals surface area contributed by atoms with Gasteiger partial charge in [0.2, 0.25) is 0 Å². The number of aryl methyl sites for hydroxylation is 2. The van der Waals surface area contributed by atoms with Gasteiger partial charge in [0.05, 0.1) is 5.69 Å². The predicted molar refractivity (Wildman–Crippen MR) is 74.2 cm³/mol. The molecule has 2 N–H and O–H groups in total. The quantitative estimate of drug-likeness (QED) is 0.839. The number of hydrogen-bond acceptors (Lipinski definition) is 4. The molecule has 5 heteroatoms. The molecular weight excluding hydrogens is 238 g/mol. The van der Waals surface area contributed by atoms with Crippen molar-refractivity contribution >= 4 is 5.69 Å². The Morgan fingerprint density at radius 3 is 2.63 bits per heavy atom. The zero-order valence-electron chi connectivity index (χ0n) is 11.4. The lowest BCUT2D eigenvalue weighted by molar-refractivity contribution is 0.635. The number of nitrogens with zero attached hydrogens (tertiary/aromatic N) is 4. The first-order chi connectivity index (χ1) is 9.16. The van der Waals surface area contributed by atoms with Crippen LogP contribution in [0.5, 0.6) is 0 Å². The summed E-state index contributed by atoms with van der Waals surface area (Å²) in [6.07, 6.45) is 4.93. The minimum absolute atomic E-state index is 0.493. The molecule has 0 radical (unpaired) electrons. The summed E-state index contributed by atoms with van der Waals surface area (Å²) >= 11 is 0. The first-order valence-electron chi connectivity index (χ1n) is 6.82. The van der Waals surface area contributed by atoms with Gasteiger partial charge in [-0.15, -0.1) is 5.10 Å². The number of nitrogens with two attached hydrogens (primary N) is 1. The molecular formula is C14H19N5. The summed E-state index contributed by atoms with van der Waals surface area (Å²) in [5.74, 6) is 1.48. The summed E-state index contributed by atoms with van der Waals surface area (Å²) in [4.78, 5) is 0. The lowest BCUT2D eigenvalue weighted by Gasteiger charge is -2.13. The molecule has 0 amide bonds. The van der Waals surface area contributed by atoms with Crippen molar-refractivity contribution in [2.75, 3.05) is 5.73 Å². The van der Waals surface area contributed by atoms with Crippen molar-refractivity contribution in [3.8, 4) is 5.69 Å². The number of rotatable bonds is 2. The SMILES string of the molecule is Cc1cc(-n2nnnc2C2CCCC2)c(C)cc1N. The Labute approximate surface area is 112 Å². The largest absolute Gasteiger partial charge is 0.399 e. The summed E-state index contributed by atoms with van der Waals surface area (Å²) in [6, 6.07) is 4.06. The predicted octanol–water partition coefficient (Wildman–Crippen LogP) is 2.52. The third-order valence-corrected chi connectivity index (χ3v) is 4.03. The Hall–Kier alpha value is -1.91. The third-order valence-electron chi connectivity index (χ3n) is 4.03. The molecule has 0 spiro atoms. The smallest absolute Gasteiger partial charge is 0.159 e. The molecule has 1 heterocycles. The second kappa shape index (κ2) is 4.64.